The van der Waals surface area contributed by atoms with Gasteiger partial charge in [-0.3, -0.25) is 4.98 Å². The minimum absolute atomic E-state index is 0.0282. The highest BCUT2D eigenvalue weighted by molar-refractivity contribution is 6.06. The Kier molecular flexibility index (Phi) is 5.44. The molecule has 2 amide bonds. The smallest absolute Gasteiger partial charge is 0.323 e. The van der Waals surface area contributed by atoms with E-state index < -0.39 is 11.8 Å². The lowest BCUT2D eigenvalue weighted by Gasteiger charge is -2.14. The van der Waals surface area contributed by atoms with E-state index in [1.54, 1.807) is 12.4 Å². The number of hydrogen-bond donors (Lipinski definition) is 2. The Balaban J connectivity index is 1.64. The van der Waals surface area contributed by atoms with Gasteiger partial charge in [-0.15, -0.1) is 0 Å². The summed E-state index contributed by atoms with van der Waals surface area (Å²) in [4.78, 5) is 16.7. The van der Waals surface area contributed by atoms with E-state index >= 15 is 0 Å². The first-order valence-electron chi connectivity index (χ1n) is 9.53. The molecular weight excluding hydrogens is 399 g/mol. The summed E-state index contributed by atoms with van der Waals surface area (Å²) in [6.07, 6.45) is 3.47. The van der Waals surface area contributed by atoms with Gasteiger partial charge in [0.2, 0.25) is 0 Å². The van der Waals surface area contributed by atoms with Crippen molar-refractivity contribution in [3.8, 4) is 17.2 Å². The molecule has 2 aromatic carbocycles. The van der Waals surface area contributed by atoms with E-state index in [2.05, 4.69) is 20.2 Å². The highest BCUT2D eigenvalue weighted by atomic mass is 19.1. The first-order valence-corrected chi connectivity index (χ1v) is 9.53. The van der Waals surface area contributed by atoms with E-state index in [1.165, 1.54) is 20.3 Å². The van der Waals surface area contributed by atoms with E-state index in [4.69, 9.17) is 9.47 Å². The van der Waals surface area contributed by atoms with Gasteiger partial charge in [-0.25, -0.2) is 9.18 Å². The zero-order valence-corrected chi connectivity index (χ0v) is 17.3. The minimum Gasteiger partial charge on any atom is -0.494 e. The highest BCUT2D eigenvalue weighted by Crippen LogP contribution is 2.33. The third-order valence-corrected chi connectivity index (χ3v) is 4.92. The molecule has 2 heterocycles. The lowest BCUT2D eigenvalue weighted by atomic mass is 10.2. The fourth-order valence-electron chi connectivity index (χ4n) is 3.54. The van der Waals surface area contributed by atoms with Crippen LogP contribution in [-0.4, -0.2) is 29.8 Å². The maximum absolute atomic E-state index is 14.1. The van der Waals surface area contributed by atoms with Crippen LogP contribution < -0.4 is 20.1 Å². The van der Waals surface area contributed by atoms with Crippen LogP contribution >= 0.6 is 0 Å². The molecule has 8 heteroatoms. The monoisotopic (exact) mass is 420 g/mol. The quantitative estimate of drug-likeness (QED) is 0.469. The van der Waals surface area contributed by atoms with Crippen LogP contribution in [0.4, 0.5) is 20.6 Å². The number of carbonyl (C=O) groups excluding carboxylic acids is 1. The number of pyridine rings is 1. The van der Waals surface area contributed by atoms with Crippen molar-refractivity contribution in [3.05, 3.63) is 72.4 Å². The summed E-state index contributed by atoms with van der Waals surface area (Å²) in [5, 5.41) is 6.35. The first-order chi connectivity index (χ1) is 15.0. The number of nitrogens with one attached hydrogen (secondary N) is 2. The van der Waals surface area contributed by atoms with Gasteiger partial charge in [0.25, 0.3) is 0 Å². The number of aromatic nitrogens is 2. The van der Waals surface area contributed by atoms with E-state index in [1.807, 2.05) is 43.3 Å². The predicted molar refractivity (Wildman–Crippen MR) is 118 cm³/mol. The molecule has 2 aromatic heterocycles. The fourth-order valence-corrected chi connectivity index (χ4v) is 3.54. The summed E-state index contributed by atoms with van der Waals surface area (Å²) in [7, 11) is 2.79. The standard InChI is InChI=1S/C23H21FN4O3/c1-14-11-16-18(5-4-6-20(16)28(14)15-7-9-25-10-8-15)26-23(29)27-19-12-17(24)21(30-2)13-22(19)31-3/h4-13H,1-3H3,(H2,26,27,29). The summed E-state index contributed by atoms with van der Waals surface area (Å²) in [5.41, 5.74) is 3.74. The largest absolute Gasteiger partial charge is 0.494 e. The predicted octanol–water partition coefficient (Wildman–Crippen LogP) is 5.13. The number of anilines is 2. The number of benzene rings is 2. The maximum Gasteiger partial charge on any atom is 0.323 e. The molecule has 0 spiro atoms. The molecule has 0 bridgehead atoms. The summed E-state index contributed by atoms with van der Waals surface area (Å²) in [5.74, 6) is -0.294. The number of aryl methyl sites for hydroxylation is 1. The van der Waals surface area contributed by atoms with Crippen LogP contribution in [0.2, 0.25) is 0 Å². The molecule has 0 aliphatic carbocycles. The number of amides is 2. The molecule has 4 rings (SSSR count). The van der Waals surface area contributed by atoms with Crippen LogP contribution in [0.1, 0.15) is 5.69 Å². The number of fused-ring (bicyclic) bond motifs is 1. The van der Waals surface area contributed by atoms with Crippen LogP contribution in [0.5, 0.6) is 11.5 Å². The molecule has 0 aliphatic rings. The topological polar surface area (TPSA) is 77.4 Å². The zero-order chi connectivity index (χ0) is 22.0. The first kappa shape index (κ1) is 20.2. The van der Waals surface area contributed by atoms with Crippen molar-refractivity contribution in [1.29, 1.82) is 0 Å². The van der Waals surface area contributed by atoms with Crippen molar-refractivity contribution in [2.75, 3.05) is 24.9 Å². The molecule has 7 nitrogen and oxygen atoms in total. The van der Waals surface area contributed by atoms with Crippen LogP contribution in [0.15, 0.2) is 60.9 Å². The van der Waals surface area contributed by atoms with E-state index in [-0.39, 0.29) is 17.2 Å². The number of nitrogens with zero attached hydrogens (tertiary/aromatic N) is 2. The molecule has 31 heavy (non-hydrogen) atoms. The molecule has 0 aliphatic heterocycles. The minimum atomic E-state index is -0.606. The zero-order valence-electron chi connectivity index (χ0n) is 17.3. The molecule has 4 aromatic rings. The van der Waals surface area contributed by atoms with Crippen molar-refractivity contribution < 1.29 is 18.7 Å². The van der Waals surface area contributed by atoms with Gasteiger partial charge >= 0.3 is 6.03 Å². The number of rotatable bonds is 5. The molecule has 2 N–H and O–H groups in total. The Hall–Kier alpha value is -4.07. The number of ether oxygens (including phenoxy) is 2. The third kappa shape index (κ3) is 3.87. The number of carbonyl (C=O) groups is 1. The van der Waals surface area contributed by atoms with Crippen molar-refractivity contribution in [3.63, 3.8) is 0 Å². The van der Waals surface area contributed by atoms with Gasteiger partial charge in [-0.05, 0) is 37.3 Å². The molecule has 0 saturated carbocycles. The van der Waals surface area contributed by atoms with Crippen LogP contribution in [0.25, 0.3) is 16.6 Å². The number of halogens is 1. The number of methoxy groups -OCH3 is 2. The average Bonchev–Trinajstić information content (AvgIpc) is 3.11. The van der Waals surface area contributed by atoms with E-state index in [9.17, 15) is 9.18 Å². The van der Waals surface area contributed by atoms with Crippen LogP contribution in [0, 0.1) is 12.7 Å². The molecule has 158 valence electrons. The normalized spacial score (nSPS) is 10.7. The second-order valence-electron chi connectivity index (χ2n) is 6.83. The molecule has 0 atom stereocenters. The molecule has 0 saturated heterocycles. The molecule has 0 unspecified atom stereocenters. The lowest BCUT2D eigenvalue weighted by Crippen LogP contribution is -2.20. The van der Waals surface area contributed by atoms with Crippen molar-refractivity contribution >= 4 is 28.3 Å². The number of hydrogen-bond acceptors (Lipinski definition) is 4. The Morgan fingerprint density at radius 1 is 0.968 bits per heavy atom. The highest BCUT2D eigenvalue weighted by Gasteiger charge is 2.16. The van der Waals surface area contributed by atoms with Crippen molar-refractivity contribution in [2.45, 2.75) is 6.92 Å². The van der Waals surface area contributed by atoms with E-state index in [0.717, 1.165) is 28.4 Å². The summed E-state index contributed by atoms with van der Waals surface area (Å²) < 4.78 is 26.4. The second kappa shape index (κ2) is 8.35. The summed E-state index contributed by atoms with van der Waals surface area (Å²) in [6.45, 7) is 2.00. The Labute approximate surface area is 178 Å². The second-order valence-corrected chi connectivity index (χ2v) is 6.83. The van der Waals surface area contributed by atoms with Crippen LogP contribution in [0.3, 0.4) is 0 Å². The van der Waals surface area contributed by atoms with Gasteiger partial charge in [0.15, 0.2) is 11.6 Å². The maximum atomic E-state index is 14.1. The fraction of sp³-hybridized carbons (Fsp3) is 0.130. The number of urea groups is 1. The Morgan fingerprint density at radius 3 is 2.39 bits per heavy atom. The Bertz CT molecular complexity index is 1250. The SMILES string of the molecule is COc1cc(OC)c(NC(=O)Nc2cccc3c2cc(C)n3-c2ccncc2)cc1F. The van der Waals surface area contributed by atoms with Gasteiger partial charge < -0.3 is 24.7 Å². The molecule has 0 radical (unpaired) electrons. The van der Waals surface area contributed by atoms with Crippen molar-refractivity contribution in [2.24, 2.45) is 0 Å². The van der Waals surface area contributed by atoms with Gasteiger partial charge in [-0.2, -0.15) is 0 Å². The summed E-state index contributed by atoms with van der Waals surface area (Å²) in [6, 6.07) is 13.5. The van der Waals surface area contributed by atoms with E-state index in [0.29, 0.717) is 5.69 Å². The Morgan fingerprint density at radius 2 is 1.68 bits per heavy atom. The van der Waals surface area contributed by atoms with Crippen LogP contribution in [-0.2, 0) is 0 Å². The van der Waals surface area contributed by atoms with Gasteiger partial charge in [0, 0.05) is 41.3 Å². The lowest BCUT2D eigenvalue weighted by molar-refractivity contribution is 0.262. The van der Waals surface area contributed by atoms with Gasteiger partial charge in [-0.1, -0.05) is 6.07 Å². The molecule has 0 fully saturated rings. The van der Waals surface area contributed by atoms with Crippen molar-refractivity contribution in [1.82, 2.24) is 9.55 Å². The summed E-state index contributed by atoms with van der Waals surface area (Å²) >= 11 is 0. The van der Waals surface area contributed by atoms with Gasteiger partial charge in [0.05, 0.1) is 31.1 Å². The molecular formula is C23H21FN4O3. The van der Waals surface area contributed by atoms with Gasteiger partial charge in [0.1, 0.15) is 5.75 Å². The average molecular weight is 420 g/mol. The third-order valence-electron chi connectivity index (χ3n) is 4.92.